The summed E-state index contributed by atoms with van der Waals surface area (Å²) in [6, 6.07) is 1.96. The van der Waals surface area contributed by atoms with E-state index < -0.39 is 21.4 Å². The summed E-state index contributed by atoms with van der Waals surface area (Å²) in [7, 11) is -3.21. The summed E-state index contributed by atoms with van der Waals surface area (Å²) < 4.78 is 22.8. The molecule has 0 aromatic carbocycles. The highest BCUT2D eigenvalue weighted by atomic mass is 32.2. The van der Waals surface area contributed by atoms with Crippen LogP contribution < -0.4 is 0 Å². The van der Waals surface area contributed by atoms with Crippen LogP contribution in [-0.4, -0.2) is 30.0 Å². The maximum absolute atomic E-state index is 11.4. The van der Waals surface area contributed by atoms with Gasteiger partial charge in [0.25, 0.3) is 0 Å². The first-order valence-corrected chi connectivity index (χ1v) is 7.38. The summed E-state index contributed by atoms with van der Waals surface area (Å²) >= 11 is 1.22. The standard InChI is InChI=1S/C9H10N2O3S2/c10-5-9(1-4-16(13,14)6-9)7(12)8-11-2-3-15-8/h2-3,7,12H,1,4,6H2. The predicted molar refractivity (Wildman–Crippen MR) is 58.4 cm³/mol. The second-order valence-corrected chi connectivity index (χ2v) is 6.99. The van der Waals surface area contributed by atoms with Crippen LogP contribution in [0.5, 0.6) is 0 Å². The fourth-order valence-corrected chi connectivity index (χ4v) is 4.55. The number of aliphatic hydroxyl groups excluding tert-OH is 1. The summed E-state index contributed by atoms with van der Waals surface area (Å²) in [5.74, 6) is -0.319. The molecule has 1 aliphatic rings. The Bertz CT molecular complexity index is 517. The van der Waals surface area contributed by atoms with E-state index in [0.29, 0.717) is 5.01 Å². The molecule has 1 fully saturated rings. The van der Waals surface area contributed by atoms with Gasteiger partial charge in [0.2, 0.25) is 0 Å². The van der Waals surface area contributed by atoms with Crippen LogP contribution in [0.15, 0.2) is 11.6 Å². The molecule has 2 rings (SSSR count). The zero-order valence-electron chi connectivity index (χ0n) is 8.33. The van der Waals surface area contributed by atoms with E-state index in [9.17, 15) is 13.5 Å². The summed E-state index contributed by atoms with van der Waals surface area (Å²) in [5, 5.41) is 21.3. The topological polar surface area (TPSA) is 91.0 Å². The fourth-order valence-electron chi connectivity index (χ4n) is 1.85. The van der Waals surface area contributed by atoms with Crippen LogP contribution in [0.4, 0.5) is 0 Å². The molecule has 0 saturated carbocycles. The van der Waals surface area contributed by atoms with E-state index in [1.54, 1.807) is 5.38 Å². The number of nitriles is 1. The van der Waals surface area contributed by atoms with Gasteiger partial charge in [-0.1, -0.05) is 0 Å². The van der Waals surface area contributed by atoms with Gasteiger partial charge in [0, 0.05) is 11.6 Å². The van der Waals surface area contributed by atoms with Gasteiger partial charge in [-0.25, -0.2) is 13.4 Å². The van der Waals surface area contributed by atoms with E-state index in [1.807, 2.05) is 6.07 Å². The average Bonchev–Trinajstić information content (AvgIpc) is 2.85. The second-order valence-electron chi connectivity index (χ2n) is 3.88. The number of aromatic nitrogens is 1. The van der Waals surface area contributed by atoms with E-state index in [1.165, 1.54) is 17.5 Å². The minimum Gasteiger partial charge on any atom is -0.384 e. The Labute approximate surface area is 97.3 Å². The van der Waals surface area contributed by atoms with Gasteiger partial charge in [-0.2, -0.15) is 5.26 Å². The van der Waals surface area contributed by atoms with Gasteiger partial charge < -0.3 is 5.11 Å². The molecule has 1 saturated heterocycles. The molecule has 1 aromatic heterocycles. The van der Waals surface area contributed by atoms with Crippen molar-refractivity contribution in [1.29, 1.82) is 5.26 Å². The van der Waals surface area contributed by atoms with Gasteiger partial charge >= 0.3 is 0 Å². The molecule has 0 spiro atoms. The number of nitrogens with zero attached hydrogens (tertiary/aromatic N) is 2. The first-order valence-electron chi connectivity index (χ1n) is 4.68. The smallest absolute Gasteiger partial charge is 0.152 e. The van der Waals surface area contributed by atoms with Crippen molar-refractivity contribution in [3.8, 4) is 6.07 Å². The average molecular weight is 258 g/mol. The van der Waals surface area contributed by atoms with Gasteiger partial charge in [-0.3, -0.25) is 0 Å². The van der Waals surface area contributed by atoms with E-state index in [0.717, 1.165) is 0 Å². The zero-order chi connectivity index (χ0) is 11.8. The molecule has 2 unspecified atom stereocenters. The van der Waals surface area contributed by atoms with Crippen molar-refractivity contribution in [1.82, 2.24) is 4.98 Å². The lowest BCUT2D eigenvalue weighted by atomic mass is 9.83. The number of hydrogen-bond acceptors (Lipinski definition) is 6. The van der Waals surface area contributed by atoms with Gasteiger partial charge in [0.1, 0.15) is 16.5 Å². The molecular formula is C9H10N2O3S2. The second kappa shape index (κ2) is 3.80. The van der Waals surface area contributed by atoms with Crippen LogP contribution in [0, 0.1) is 16.7 Å². The summed E-state index contributed by atoms with van der Waals surface area (Å²) in [4.78, 5) is 3.92. The number of sulfone groups is 1. The van der Waals surface area contributed by atoms with Crippen LogP contribution in [0.25, 0.3) is 0 Å². The molecule has 2 atom stereocenters. The Morgan fingerprint density at radius 2 is 2.44 bits per heavy atom. The monoisotopic (exact) mass is 258 g/mol. The normalized spacial score (nSPS) is 29.8. The summed E-state index contributed by atoms with van der Waals surface area (Å²) in [6.45, 7) is 0. The van der Waals surface area contributed by atoms with Gasteiger partial charge in [-0.05, 0) is 6.42 Å². The van der Waals surface area contributed by atoms with Crippen molar-refractivity contribution < 1.29 is 13.5 Å². The van der Waals surface area contributed by atoms with Gasteiger partial charge in [0.15, 0.2) is 9.84 Å². The lowest BCUT2D eigenvalue weighted by Gasteiger charge is -2.23. The Hall–Kier alpha value is -0.970. The molecule has 7 heteroatoms. The predicted octanol–water partition coefficient (Wildman–Crippen LogP) is 0.505. The molecule has 0 aliphatic carbocycles. The molecule has 0 amide bonds. The van der Waals surface area contributed by atoms with Crippen molar-refractivity contribution in [2.45, 2.75) is 12.5 Å². The minimum atomic E-state index is -3.21. The highest BCUT2D eigenvalue weighted by Crippen LogP contribution is 2.43. The van der Waals surface area contributed by atoms with Crippen LogP contribution in [0.2, 0.25) is 0 Å². The quantitative estimate of drug-likeness (QED) is 0.834. The van der Waals surface area contributed by atoms with Crippen LogP contribution in [-0.2, 0) is 9.84 Å². The van der Waals surface area contributed by atoms with Crippen LogP contribution >= 0.6 is 11.3 Å². The number of hydrogen-bond donors (Lipinski definition) is 1. The molecule has 0 radical (unpaired) electrons. The van der Waals surface area contributed by atoms with Gasteiger partial charge in [0.05, 0.1) is 17.6 Å². The van der Waals surface area contributed by atoms with E-state index in [2.05, 4.69) is 4.98 Å². The molecule has 1 N–H and O–H groups in total. The first-order chi connectivity index (χ1) is 7.49. The SMILES string of the molecule is N#CC1(C(O)c2nccs2)CCS(=O)(=O)C1. The molecule has 0 bridgehead atoms. The maximum Gasteiger partial charge on any atom is 0.152 e. The fraction of sp³-hybridized carbons (Fsp3) is 0.556. The molecule has 86 valence electrons. The van der Waals surface area contributed by atoms with Crippen LogP contribution in [0.3, 0.4) is 0 Å². The third-order valence-electron chi connectivity index (χ3n) is 2.77. The number of aliphatic hydroxyl groups is 1. The van der Waals surface area contributed by atoms with E-state index in [-0.39, 0.29) is 17.9 Å². The molecule has 16 heavy (non-hydrogen) atoms. The van der Waals surface area contributed by atoms with Crippen molar-refractivity contribution in [3.05, 3.63) is 16.6 Å². The molecule has 2 heterocycles. The number of rotatable bonds is 2. The molecular weight excluding hydrogens is 248 g/mol. The Morgan fingerprint density at radius 1 is 1.69 bits per heavy atom. The van der Waals surface area contributed by atoms with E-state index >= 15 is 0 Å². The third kappa shape index (κ3) is 1.84. The van der Waals surface area contributed by atoms with E-state index in [4.69, 9.17) is 5.26 Å². The minimum absolute atomic E-state index is 0.0387. The molecule has 1 aliphatic heterocycles. The Morgan fingerprint density at radius 3 is 2.88 bits per heavy atom. The lowest BCUT2D eigenvalue weighted by Crippen LogP contribution is -2.28. The molecule has 5 nitrogen and oxygen atoms in total. The van der Waals surface area contributed by atoms with Crippen LogP contribution in [0.1, 0.15) is 17.5 Å². The Balaban J connectivity index is 2.35. The highest BCUT2D eigenvalue weighted by molar-refractivity contribution is 7.91. The molecule has 1 aromatic rings. The lowest BCUT2D eigenvalue weighted by molar-refractivity contribution is 0.0791. The van der Waals surface area contributed by atoms with Crippen molar-refractivity contribution in [2.75, 3.05) is 11.5 Å². The summed E-state index contributed by atoms with van der Waals surface area (Å²) in [6.07, 6.45) is 0.583. The highest BCUT2D eigenvalue weighted by Gasteiger charge is 2.49. The van der Waals surface area contributed by atoms with Crippen molar-refractivity contribution >= 4 is 21.2 Å². The largest absolute Gasteiger partial charge is 0.384 e. The zero-order valence-corrected chi connectivity index (χ0v) is 9.96. The van der Waals surface area contributed by atoms with Gasteiger partial charge in [-0.15, -0.1) is 11.3 Å². The summed E-state index contributed by atoms with van der Waals surface area (Å²) in [5.41, 5.74) is -1.23. The first kappa shape index (κ1) is 11.5. The third-order valence-corrected chi connectivity index (χ3v) is 5.38. The van der Waals surface area contributed by atoms with Crippen molar-refractivity contribution in [2.24, 2.45) is 5.41 Å². The maximum atomic E-state index is 11.4. The Kier molecular flexibility index (Phi) is 2.74. The number of thiazole rings is 1. The van der Waals surface area contributed by atoms with Crippen molar-refractivity contribution in [3.63, 3.8) is 0 Å².